The molecule has 0 saturated heterocycles. The largest absolute Gasteiger partial charge is 0.480 e. The third-order valence-corrected chi connectivity index (χ3v) is 2.48. The highest BCUT2D eigenvalue weighted by Gasteiger charge is 2.20. The number of carboxylic acids is 1. The molecule has 0 atom stereocenters. The molecule has 1 aromatic heterocycles. The number of nitrogens with zero attached hydrogens (tertiary/aromatic N) is 4. The summed E-state index contributed by atoms with van der Waals surface area (Å²) in [6, 6.07) is 2.86. The van der Waals surface area contributed by atoms with Gasteiger partial charge in [0.05, 0.1) is 0 Å². The van der Waals surface area contributed by atoms with Crippen molar-refractivity contribution in [2.75, 3.05) is 33.7 Å². The zero-order valence-corrected chi connectivity index (χ0v) is 11.5. The summed E-state index contributed by atoms with van der Waals surface area (Å²) in [5.41, 5.74) is 0.0735. The van der Waals surface area contributed by atoms with Gasteiger partial charge in [-0.25, -0.2) is 0 Å². The molecule has 0 aliphatic heterocycles. The molecule has 0 saturated carbocycles. The minimum absolute atomic E-state index is 0.0735. The SMILES string of the molecule is CN(C)CCN(CC(=O)O)C(=O)c1ccc(Cl)nn1. The van der Waals surface area contributed by atoms with E-state index in [4.69, 9.17) is 16.7 Å². The number of hydrogen-bond acceptors (Lipinski definition) is 5. The van der Waals surface area contributed by atoms with E-state index >= 15 is 0 Å². The Bertz CT molecular complexity index is 450. The maximum atomic E-state index is 12.1. The van der Waals surface area contributed by atoms with Crippen LogP contribution in [0.1, 0.15) is 10.5 Å². The Morgan fingerprint density at radius 1 is 1.26 bits per heavy atom. The smallest absolute Gasteiger partial charge is 0.323 e. The second-order valence-corrected chi connectivity index (χ2v) is 4.55. The van der Waals surface area contributed by atoms with E-state index in [1.54, 1.807) is 0 Å². The molecular weight excluding hydrogens is 272 g/mol. The highest BCUT2D eigenvalue weighted by molar-refractivity contribution is 6.29. The highest BCUT2D eigenvalue weighted by atomic mass is 35.5. The average Bonchev–Trinajstić information content (AvgIpc) is 2.34. The van der Waals surface area contributed by atoms with Crippen molar-refractivity contribution in [2.45, 2.75) is 0 Å². The van der Waals surface area contributed by atoms with Gasteiger partial charge in [-0.3, -0.25) is 9.59 Å². The van der Waals surface area contributed by atoms with Crippen LogP contribution in [0.5, 0.6) is 0 Å². The van der Waals surface area contributed by atoms with Gasteiger partial charge in [0.2, 0.25) is 0 Å². The fourth-order valence-electron chi connectivity index (χ4n) is 1.33. The molecule has 0 radical (unpaired) electrons. The van der Waals surface area contributed by atoms with Crippen molar-refractivity contribution in [1.29, 1.82) is 0 Å². The molecule has 1 rings (SSSR count). The van der Waals surface area contributed by atoms with E-state index in [0.717, 1.165) is 0 Å². The second-order valence-electron chi connectivity index (χ2n) is 4.17. The number of halogens is 1. The van der Waals surface area contributed by atoms with Gasteiger partial charge in [-0.15, -0.1) is 10.2 Å². The van der Waals surface area contributed by atoms with Crippen molar-refractivity contribution in [3.8, 4) is 0 Å². The molecule has 0 aliphatic rings. The minimum Gasteiger partial charge on any atom is -0.480 e. The average molecular weight is 287 g/mol. The first kappa shape index (κ1) is 15.3. The van der Waals surface area contributed by atoms with E-state index in [9.17, 15) is 9.59 Å². The van der Waals surface area contributed by atoms with Gasteiger partial charge in [-0.2, -0.15) is 0 Å². The van der Waals surface area contributed by atoms with Crippen LogP contribution in [-0.2, 0) is 4.79 Å². The molecule has 0 unspecified atom stereocenters. The summed E-state index contributed by atoms with van der Waals surface area (Å²) in [5, 5.41) is 16.2. The van der Waals surface area contributed by atoms with Crippen molar-refractivity contribution in [1.82, 2.24) is 20.0 Å². The second kappa shape index (κ2) is 7.01. The van der Waals surface area contributed by atoms with Gasteiger partial charge in [-0.05, 0) is 26.2 Å². The molecule has 7 nitrogen and oxygen atoms in total. The lowest BCUT2D eigenvalue weighted by Gasteiger charge is -2.22. The molecule has 19 heavy (non-hydrogen) atoms. The predicted molar refractivity (Wildman–Crippen MR) is 69.1 cm³/mol. The van der Waals surface area contributed by atoms with Crippen LogP contribution in [0.4, 0.5) is 0 Å². The number of carbonyl (C=O) groups is 2. The zero-order chi connectivity index (χ0) is 14.4. The number of rotatable bonds is 6. The van der Waals surface area contributed by atoms with Crippen LogP contribution in [0.3, 0.4) is 0 Å². The normalized spacial score (nSPS) is 10.5. The fourth-order valence-corrected chi connectivity index (χ4v) is 1.43. The minimum atomic E-state index is -1.07. The van der Waals surface area contributed by atoms with Gasteiger partial charge in [0.15, 0.2) is 10.8 Å². The van der Waals surface area contributed by atoms with Crippen LogP contribution in [-0.4, -0.2) is 70.7 Å². The first-order valence-corrected chi connectivity index (χ1v) is 5.93. The Hall–Kier alpha value is -1.73. The number of carboxylic acid groups (broad SMARTS) is 1. The Balaban J connectivity index is 2.80. The van der Waals surface area contributed by atoms with Crippen molar-refractivity contribution < 1.29 is 14.7 Å². The monoisotopic (exact) mass is 286 g/mol. The summed E-state index contributed by atoms with van der Waals surface area (Å²) in [6.07, 6.45) is 0. The van der Waals surface area contributed by atoms with E-state index in [1.165, 1.54) is 17.0 Å². The number of hydrogen-bond donors (Lipinski definition) is 1. The molecular formula is C11H15ClN4O3. The Morgan fingerprint density at radius 2 is 1.95 bits per heavy atom. The Kier molecular flexibility index (Phi) is 5.65. The van der Waals surface area contributed by atoms with Crippen molar-refractivity contribution >= 4 is 23.5 Å². The van der Waals surface area contributed by atoms with Crippen LogP contribution in [0.25, 0.3) is 0 Å². The number of aromatic nitrogens is 2. The predicted octanol–water partition coefficient (Wildman–Crippen LogP) is 0.218. The maximum Gasteiger partial charge on any atom is 0.323 e. The molecule has 1 heterocycles. The summed E-state index contributed by atoms with van der Waals surface area (Å²) >= 11 is 5.58. The van der Waals surface area contributed by atoms with Crippen LogP contribution >= 0.6 is 11.6 Å². The van der Waals surface area contributed by atoms with Gasteiger partial charge in [0, 0.05) is 13.1 Å². The molecule has 0 aromatic carbocycles. The lowest BCUT2D eigenvalue weighted by atomic mass is 10.3. The number of amides is 1. The van der Waals surface area contributed by atoms with E-state index in [1.807, 2.05) is 19.0 Å². The fraction of sp³-hybridized carbons (Fsp3) is 0.455. The van der Waals surface area contributed by atoms with Gasteiger partial charge in [-0.1, -0.05) is 11.6 Å². The van der Waals surface area contributed by atoms with Gasteiger partial charge >= 0.3 is 5.97 Å². The maximum absolute atomic E-state index is 12.1. The van der Waals surface area contributed by atoms with Gasteiger partial charge in [0.25, 0.3) is 5.91 Å². The molecule has 104 valence electrons. The summed E-state index contributed by atoms with van der Waals surface area (Å²) in [6.45, 7) is 0.472. The summed E-state index contributed by atoms with van der Waals surface area (Å²) in [7, 11) is 3.68. The molecule has 0 spiro atoms. The number of aliphatic carboxylic acids is 1. The molecule has 0 bridgehead atoms. The standard InChI is InChI=1S/C11H15ClN4O3/c1-15(2)5-6-16(7-10(17)18)11(19)8-3-4-9(12)14-13-8/h3-4H,5-7H2,1-2H3,(H,17,18). The van der Waals surface area contributed by atoms with Crippen molar-refractivity contribution in [3.05, 3.63) is 23.0 Å². The Labute approximate surface area is 115 Å². The van der Waals surface area contributed by atoms with Crippen LogP contribution in [0.2, 0.25) is 5.15 Å². The molecule has 1 aromatic rings. The van der Waals surface area contributed by atoms with Gasteiger partial charge in [0.1, 0.15) is 6.54 Å². The lowest BCUT2D eigenvalue weighted by Crippen LogP contribution is -2.40. The zero-order valence-electron chi connectivity index (χ0n) is 10.7. The highest BCUT2D eigenvalue weighted by Crippen LogP contribution is 2.05. The molecule has 1 N–H and O–H groups in total. The number of carbonyl (C=O) groups excluding carboxylic acids is 1. The molecule has 1 amide bonds. The van der Waals surface area contributed by atoms with E-state index in [-0.39, 0.29) is 17.4 Å². The van der Waals surface area contributed by atoms with Crippen LogP contribution in [0.15, 0.2) is 12.1 Å². The quantitative estimate of drug-likeness (QED) is 0.805. The third-order valence-electron chi connectivity index (χ3n) is 2.28. The first-order chi connectivity index (χ1) is 8.90. The summed E-state index contributed by atoms with van der Waals surface area (Å²) in [5.74, 6) is -1.55. The first-order valence-electron chi connectivity index (χ1n) is 5.55. The lowest BCUT2D eigenvalue weighted by molar-refractivity contribution is -0.137. The van der Waals surface area contributed by atoms with Crippen molar-refractivity contribution in [3.63, 3.8) is 0 Å². The van der Waals surface area contributed by atoms with E-state index in [0.29, 0.717) is 13.1 Å². The van der Waals surface area contributed by atoms with E-state index in [2.05, 4.69) is 10.2 Å². The van der Waals surface area contributed by atoms with Gasteiger partial charge < -0.3 is 14.9 Å². The summed E-state index contributed by atoms with van der Waals surface area (Å²) < 4.78 is 0. The topological polar surface area (TPSA) is 86.6 Å². The third kappa shape index (κ3) is 5.19. The molecule has 0 fully saturated rings. The molecule has 8 heteroatoms. The van der Waals surface area contributed by atoms with Crippen LogP contribution < -0.4 is 0 Å². The van der Waals surface area contributed by atoms with Crippen molar-refractivity contribution in [2.24, 2.45) is 0 Å². The molecule has 0 aliphatic carbocycles. The number of likely N-dealkylation sites (N-methyl/N-ethyl adjacent to an activating group) is 1. The van der Waals surface area contributed by atoms with E-state index < -0.39 is 11.9 Å². The van der Waals surface area contributed by atoms with Crippen LogP contribution in [0, 0.1) is 0 Å². The Morgan fingerprint density at radius 3 is 2.42 bits per heavy atom. The summed E-state index contributed by atoms with van der Waals surface area (Å²) in [4.78, 5) is 25.9.